The third kappa shape index (κ3) is 3.84. The molecule has 1 aromatic carbocycles. The number of aromatic nitrogens is 3. The largest absolute Gasteiger partial charge is 0.306 e. The van der Waals surface area contributed by atoms with Crippen LogP contribution in [0.15, 0.2) is 28.9 Å². The minimum atomic E-state index is -0.303. The molecule has 0 saturated carbocycles. The molecular weight excluding hydrogens is 311 g/mol. The van der Waals surface area contributed by atoms with E-state index in [9.17, 15) is 4.39 Å². The van der Waals surface area contributed by atoms with Crippen LogP contribution in [0.5, 0.6) is 0 Å². The zero-order valence-corrected chi connectivity index (χ0v) is 12.7. The van der Waals surface area contributed by atoms with Gasteiger partial charge in [-0.15, -0.1) is 5.10 Å². The van der Waals surface area contributed by atoms with Crippen molar-refractivity contribution in [3.8, 4) is 5.69 Å². The second-order valence-corrected chi connectivity index (χ2v) is 6.21. The van der Waals surface area contributed by atoms with E-state index >= 15 is 0 Å². The van der Waals surface area contributed by atoms with Crippen molar-refractivity contribution < 1.29 is 4.39 Å². The van der Waals surface area contributed by atoms with Crippen LogP contribution in [0, 0.1) is 5.82 Å². The number of nitrogens with zero attached hydrogens (tertiary/aromatic N) is 3. The van der Waals surface area contributed by atoms with Crippen molar-refractivity contribution >= 4 is 15.9 Å². The van der Waals surface area contributed by atoms with E-state index in [2.05, 4.69) is 52.3 Å². The van der Waals surface area contributed by atoms with Crippen LogP contribution < -0.4 is 5.32 Å². The van der Waals surface area contributed by atoms with Crippen molar-refractivity contribution in [2.75, 3.05) is 0 Å². The fourth-order valence-corrected chi connectivity index (χ4v) is 1.94. The van der Waals surface area contributed by atoms with Gasteiger partial charge in [0.25, 0.3) is 0 Å². The van der Waals surface area contributed by atoms with Gasteiger partial charge in [-0.25, -0.2) is 9.07 Å². The Bertz CT molecular complexity index is 574. The van der Waals surface area contributed by atoms with E-state index in [0.29, 0.717) is 12.2 Å². The van der Waals surface area contributed by atoms with Gasteiger partial charge >= 0.3 is 0 Å². The van der Waals surface area contributed by atoms with Crippen molar-refractivity contribution in [1.82, 2.24) is 20.3 Å². The smallest absolute Gasteiger partial charge is 0.125 e. The number of hydrogen-bond acceptors (Lipinski definition) is 3. The fraction of sp³-hybridized carbons (Fsp3) is 0.385. The Hall–Kier alpha value is -1.27. The van der Waals surface area contributed by atoms with Crippen molar-refractivity contribution in [1.29, 1.82) is 0 Å². The lowest BCUT2D eigenvalue weighted by atomic mass is 10.1. The standard InChI is InChI=1S/C13H16BrFN4/c1-13(2,3)16-7-10-8-19(18-17-10)12-6-9(15)4-5-11(12)14/h4-6,8,16H,7H2,1-3H3. The molecule has 0 aliphatic carbocycles. The first-order chi connectivity index (χ1) is 8.85. The molecule has 0 bridgehead atoms. The molecule has 4 nitrogen and oxygen atoms in total. The van der Waals surface area contributed by atoms with Gasteiger partial charge in [0.2, 0.25) is 0 Å². The van der Waals surface area contributed by atoms with Crippen LogP contribution in [0.4, 0.5) is 4.39 Å². The molecule has 0 aliphatic heterocycles. The predicted molar refractivity (Wildman–Crippen MR) is 75.6 cm³/mol. The molecule has 0 atom stereocenters. The summed E-state index contributed by atoms with van der Waals surface area (Å²) in [5.74, 6) is -0.303. The molecule has 0 unspecified atom stereocenters. The predicted octanol–water partition coefficient (Wildman–Crippen LogP) is 3.06. The molecule has 0 spiro atoms. The highest BCUT2D eigenvalue weighted by Crippen LogP contribution is 2.21. The van der Waals surface area contributed by atoms with Crippen LogP contribution in [-0.4, -0.2) is 20.5 Å². The highest BCUT2D eigenvalue weighted by Gasteiger charge is 2.11. The number of nitrogens with one attached hydrogen (secondary N) is 1. The number of halogens is 2. The Morgan fingerprint density at radius 1 is 1.37 bits per heavy atom. The van der Waals surface area contributed by atoms with Crippen LogP contribution >= 0.6 is 15.9 Å². The summed E-state index contributed by atoms with van der Waals surface area (Å²) in [5.41, 5.74) is 1.46. The maximum atomic E-state index is 13.2. The molecular formula is C13H16BrFN4. The van der Waals surface area contributed by atoms with Crippen LogP contribution in [0.3, 0.4) is 0 Å². The van der Waals surface area contributed by atoms with Gasteiger partial charge in [-0.2, -0.15) is 0 Å². The summed E-state index contributed by atoms with van der Waals surface area (Å²) in [7, 11) is 0. The molecule has 19 heavy (non-hydrogen) atoms. The van der Waals surface area contributed by atoms with Gasteiger partial charge in [-0.1, -0.05) is 5.21 Å². The molecule has 1 heterocycles. The Labute approximate surface area is 120 Å². The normalized spacial score (nSPS) is 11.8. The third-order valence-electron chi connectivity index (χ3n) is 2.50. The molecule has 6 heteroatoms. The summed E-state index contributed by atoms with van der Waals surface area (Å²) in [6.07, 6.45) is 1.79. The van der Waals surface area contributed by atoms with Gasteiger partial charge in [-0.3, -0.25) is 0 Å². The maximum Gasteiger partial charge on any atom is 0.125 e. The zero-order chi connectivity index (χ0) is 14.0. The lowest BCUT2D eigenvalue weighted by Gasteiger charge is -2.19. The molecule has 1 N–H and O–H groups in total. The summed E-state index contributed by atoms with van der Waals surface area (Å²) in [6, 6.07) is 4.46. The average molecular weight is 327 g/mol. The SMILES string of the molecule is CC(C)(C)NCc1cn(-c2cc(F)ccc2Br)nn1. The second kappa shape index (κ2) is 5.38. The van der Waals surface area contributed by atoms with Crippen LogP contribution in [-0.2, 0) is 6.54 Å². The summed E-state index contributed by atoms with van der Waals surface area (Å²) < 4.78 is 15.6. The molecule has 0 saturated heterocycles. The minimum Gasteiger partial charge on any atom is -0.306 e. The van der Waals surface area contributed by atoms with Gasteiger partial charge < -0.3 is 5.32 Å². The van der Waals surface area contributed by atoms with E-state index in [1.165, 1.54) is 12.1 Å². The zero-order valence-electron chi connectivity index (χ0n) is 11.1. The van der Waals surface area contributed by atoms with Crippen molar-refractivity contribution in [2.45, 2.75) is 32.9 Å². The van der Waals surface area contributed by atoms with Gasteiger partial charge in [0, 0.05) is 22.6 Å². The Morgan fingerprint density at radius 3 is 2.79 bits per heavy atom. The molecule has 2 aromatic rings. The number of hydrogen-bond donors (Lipinski definition) is 1. The highest BCUT2D eigenvalue weighted by atomic mass is 79.9. The summed E-state index contributed by atoms with van der Waals surface area (Å²) >= 11 is 3.38. The van der Waals surface area contributed by atoms with Gasteiger partial charge in [-0.05, 0) is 48.8 Å². The Morgan fingerprint density at radius 2 is 2.11 bits per heavy atom. The number of rotatable bonds is 3. The molecule has 0 fully saturated rings. The third-order valence-corrected chi connectivity index (χ3v) is 3.17. The first-order valence-corrected chi connectivity index (χ1v) is 6.76. The summed E-state index contributed by atoms with van der Waals surface area (Å²) in [5, 5.41) is 11.4. The lowest BCUT2D eigenvalue weighted by Crippen LogP contribution is -2.35. The monoisotopic (exact) mass is 326 g/mol. The van der Waals surface area contributed by atoms with Crippen LogP contribution in [0.25, 0.3) is 5.69 Å². The number of benzene rings is 1. The Kier molecular flexibility index (Phi) is 4.01. The lowest BCUT2D eigenvalue weighted by molar-refractivity contribution is 0.421. The molecule has 102 valence electrons. The van der Waals surface area contributed by atoms with E-state index in [0.717, 1.165) is 10.2 Å². The maximum absolute atomic E-state index is 13.2. The van der Waals surface area contributed by atoms with E-state index in [1.807, 2.05) is 0 Å². The van der Waals surface area contributed by atoms with Crippen molar-refractivity contribution in [2.24, 2.45) is 0 Å². The molecule has 2 rings (SSSR count). The van der Waals surface area contributed by atoms with Crippen LogP contribution in [0.2, 0.25) is 0 Å². The average Bonchev–Trinajstić information content (AvgIpc) is 2.77. The van der Waals surface area contributed by atoms with E-state index in [-0.39, 0.29) is 11.4 Å². The minimum absolute atomic E-state index is 0.0171. The van der Waals surface area contributed by atoms with Crippen molar-refractivity contribution in [3.63, 3.8) is 0 Å². The summed E-state index contributed by atoms with van der Waals surface area (Å²) in [6.45, 7) is 6.87. The first-order valence-electron chi connectivity index (χ1n) is 5.97. The summed E-state index contributed by atoms with van der Waals surface area (Å²) in [4.78, 5) is 0. The first kappa shape index (κ1) is 14.1. The van der Waals surface area contributed by atoms with Crippen molar-refractivity contribution in [3.05, 3.63) is 40.4 Å². The van der Waals surface area contributed by atoms with Gasteiger partial charge in [0.15, 0.2) is 0 Å². The molecule has 0 aliphatic rings. The molecule has 1 aromatic heterocycles. The quantitative estimate of drug-likeness (QED) is 0.942. The van der Waals surface area contributed by atoms with Gasteiger partial charge in [0.05, 0.1) is 17.6 Å². The van der Waals surface area contributed by atoms with Crippen LogP contribution in [0.1, 0.15) is 26.5 Å². The molecule has 0 radical (unpaired) electrons. The van der Waals surface area contributed by atoms with E-state index in [4.69, 9.17) is 0 Å². The fourth-order valence-electron chi connectivity index (χ4n) is 1.51. The topological polar surface area (TPSA) is 42.7 Å². The van der Waals surface area contributed by atoms with Gasteiger partial charge in [0.1, 0.15) is 5.82 Å². The molecule has 0 amide bonds. The van der Waals surface area contributed by atoms with E-state index in [1.54, 1.807) is 16.9 Å². The van der Waals surface area contributed by atoms with E-state index < -0.39 is 0 Å². The highest BCUT2D eigenvalue weighted by molar-refractivity contribution is 9.10. The Balaban J connectivity index is 2.19. The second-order valence-electron chi connectivity index (χ2n) is 5.35.